The Labute approximate surface area is 148 Å². The summed E-state index contributed by atoms with van der Waals surface area (Å²) >= 11 is 0. The van der Waals surface area contributed by atoms with Crippen molar-refractivity contribution in [1.29, 1.82) is 0 Å². The number of anilines is 2. The smallest absolute Gasteiger partial charge is 0.230 e. The highest BCUT2D eigenvalue weighted by Crippen LogP contribution is 2.23. The molecule has 0 aliphatic rings. The van der Waals surface area contributed by atoms with Crippen molar-refractivity contribution < 1.29 is 0 Å². The van der Waals surface area contributed by atoms with E-state index in [1.807, 2.05) is 25.1 Å². The molecule has 0 amide bonds. The Bertz CT molecular complexity index is 826. The Kier molecular flexibility index (Phi) is 4.88. The van der Waals surface area contributed by atoms with Gasteiger partial charge in [0.2, 0.25) is 11.9 Å². The molecule has 2 aromatic heterocycles. The van der Waals surface area contributed by atoms with Gasteiger partial charge in [-0.25, -0.2) is 0 Å². The van der Waals surface area contributed by atoms with Gasteiger partial charge in [0.15, 0.2) is 0 Å². The molecule has 0 unspecified atom stereocenters. The van der Waals surface area contributed by atoms with E-state index in [1.54, 1.807) is 0 Å². The Morgan fingerprint density at radius 2 is 1.76 bits per heavy atom. The van der Waals surface area contributed by atoms with Crippen molar-refractivity contribution in [3.05, 3.63) is 41.9 Å². The van der Waals surface area contributed by atoms with Crippen LogP contribution in [0.2, 0.25) is 0 Å². The lowest BCUT2D eigenvalue weighted by Gasteiger charge is -2.23. The van der Waals surface area contributed by atoms with Crippen LogP contribution in [0.25, 0.3) is 10.9 Å². The van der Waals surface area contributed by atoms with Crippen molar-refractivity contribution in [3.8, 4) is 0 Å². The Hall–Kier alpha value is -2.63. The molecule has 0 saturated carbocycles. The molecule has 0 bridgehead atoms. The average molecular weight is 338 g/mol. The zero-order valence-electron chi connectivity index (χ0n) is 15.6. The summed E-state index contributed by atoms with van der Waals surface area (Å²) in [6, 6.07) is 8.36. The molecule has 25 heavy (non-hydrogen) atoms. The molecule has 132 valence electrons. The third-order valence-electron chi connectivity index (χ3n) is 4.25. The highest BCUT2D eigenvalue weighted by molar-refractivity contribution is 5.83. The predicted molar refractivity (Wildman–Crippen MR) is 103 cm³/mol. The minimum absolute atomic E-state index is 0.257. The number of rotatable bonds is 6. The molecule has 2 heterocycles. The molecule has 0 atom stereocenters. The second-order valence-corrected chi connectivity index (χ2v) is 6.72. The van der Waals surface area contributed by atoms with E-state index in [0.29, 0.717) is 5.95 Å². The van der Waals surface area contributed by atoms with Gasteiger partial charge < -0.3 is 14.8 Å². The van der Waals surface area contributed by atoms with Crippen LogP contribution >= 0.6 is 0 Å². The van der Waals surface area contributed by atoms with E-state index < -0.39 is 0 Å². The second-order valence-electron chi connectivity index (χ2n) is 6.72. The van der Waals surface area contributed by atoms with Crippen molar-refractivity contribution in [1.82, 2.24) is 19.9 Å². The maximum Gasteiger partial charge on any atom is 0.230 e. The number of para-hydroxylation sites is 1. The summed E-state index contributed by atoms with van der Waals surface area (Å²) < 4.78 is 0. The molecule has 0 aliphatic carbocycles. The number of hydrogen-bond acceptors (Lipinski definition) is 5. The van der Waals surface area contributed by atoms with Crippen LogP contribution in [0.3, 0.4) is 0 Å². The molecular weight excluding hydrogens is 312 g/mol. The van der Waals surface area contributed by atoms with E-state index in [9.17, 15) is 0 Å². The summed E-state index contributed by atoms with van der Waals surface area (Å²) in [5.41, 5.74) is 2.40. The number of hydrogen-bond donors (Lipinski definition) is 1. The lowest BCUT2D eigenvalue weighted by atomic mass is 10.1. The van der Waals surface area contributed by atoms with Gasteiger partial charge in [-0.15, -0.1) is 0 Å². The van der Waals surface area contributed by atoms with E-state index >= 15 is 0 Å². The molecule has 0 spiro atoms. The molecule has 6 nitrogen and oxygen atoms in total. The standard InChI is InChI=1S/C19H26N6/c1-6-25(12-14-11-20-16-10-8-7-9-15(14)16)19-22-17(13(2)3)21-18(23-19)24(4)5/h7-11,13,20H,6,12H2,1-5H3. The van der Waals surface area contributed by atoms with Gasteiger partial charge in [0.25, 0.3) is 0 Å². The molecule has 0 aliphatic heterocycles. The van der Waals surface area contributed by atoms with E-state index in [0.717, 1.165) is 30.4 Å². The van der Waals surface area contributed by atoms with Gasteiger partial charge >= 0.3 is 0 Å². The van der Waals surface area contributed by atoms with Crippen LogP contribution in [0.15, 0.2) is 30.5 Å². The number of nitrogens with one attached hydrogen (secondary N) is 1. The number of benzene rings is 1. The molecule has 3 aromatic rings. The number of nitrogens with zero attached hydrogens (tertiary/aromatic N) is 5. The number of aromatic nitrogens is 4. The van der Waals surface area contributed by atoms with Crippen LogP contribution in [0.1, 0.15) is 38.1 Å². The monoisotopic (exact) mass is 338 g/mol. The van der Waals surface area contributed by atoms with Crippen LogP contribution in [0, 0.1) is 0 Å². The van der Waals surface area contributed by atoms with Gasteiger partial charge in [-0.1, -0.05) is 32.0 Å². The molecule has 1 N–H and O–H groups in total. The fraction of sp³-hybridized carbons (Fsp3) is 0.421. The van der Waals surface area contributed by atoms with Gasteiger partial charge in [-0.05, 0) is 18.6 Å². The Balaban J connectivity index is 1.97. The first-order valence-electron chi connectivity index (χ1n) is 8.72. The topological polar surface area (TPSA) is 60.9 Å². The summed E-state index contributed by atoms with van der Waals surface area (Å²) in [5, 5.41) is 1.24. The molecule has 0 saturated heterocycles. The third-order valence-corrected chi connectivity index (χ3v) is 4.25. The van der Waals surface area contributed by atoms with Crippen LogP contribution in [0.4, 0.5) is 11.9 Å². The van der Waals surface area contributed by atoms with Crippen LogP contribution in [0.5, 0.6) is 0 Å². The van der Waals surface area contributed by atoms with Gasteiger partial charge in [0.05, 0.1) is 0 Å². The van der Waals surface area contributed by atoms with E-state index in [-0.39, 0.29) is 5.92 Å². The number of fused-ring (bicyclic) bond motifs is 1. The van der Waals surface area contributed by atoms with Gasteiger partial charge in [-0.3, -0.25) is 0 Å². The molecular formula is C19H26N6. The first kappa shape index (κ1) is 17.2. The van der Waals surface area contributed by atoms with Gasteiger partial charge in [-0.2, -0.15) is 15.0 Å². The fourth-order valence-corrected chi connectivity index (χ4v) is 2.76. The minimum Gasteiger partial charge on any atom is -0.361 e. The Morgan fingerprint density at radius 1 is 1.04 bits per heavy atom. The third kappa shape index (κ3) is 3.57. The summed E-state index contributed by atoms with van der Waals surface area (Å²) in [4.78, 5) is 21.4. The second kappa shape index (κ2) is 7.09. The molecule has 1 aromatic carbocycles. The van der Waals surface area contributed by atoms with Crippen molar-refractivity contribution in [2.75, 3.05) is 30.4 Å². The van der Waals surface area contributed by atoms with Crippen molar-refractivity contribution in [2.45, 2.75) is 33.2 Å². The van der Waals surface area contributed by atoms with Crippen LogP contribution in [-0.2, 0) is 6.54 Å². The maximum atomic E-state index is 4.71. The summed E-state index contributed by atoms with van der Waals surface area (Å²) in [5.74, 6) is 2.51. The van der Waals surface area contributed by atoms with Crippen LogP contribution < -0.4 is 9.80 Å². The highest BCUT2D eigenvalue weighted by Gasteiger charge is 2.16. The van der Waals surface area contributed by atoms with Crippen molar-refractivity contribution in [3.63, 3.8) is 0 Å². The maximum absolute atomic E-state index is 4.71. The largest absolute Gasteiger partial charge is 0.361 e. The number of aromatic amines is 1. The minimum atomic E-state index is 0.257. The number of H-pyrrole nitrogens is 1. The van der Waals surface area contributed by atoms with E-state index in [2.05, 4.69) is 65.0 Å². The quantitative estimate of drug-likeness (QED) is 0.744. The average Bonchev–Trinajstić information content (AvgIpc) is 3.02. The Morgan fingerprint density at radius 3 is 2.44 bits per heavy atom. The fourth-order valence-electron chi connectivity index (χ4n) is 2.76. The SMILES string of the molecule is CCN(Cc1c[nH]c2ccccc12)c1nc(C(C)C)nc(N(C)C)n1. The molecule has 6 heteroatoms. The normalized spacial score (nSPS) is 11.3. The first-order valence-corrected chi connectivity index (χ1v) is 8.72. The van der Waals surface area contributed by atoms with E-state index in [4.69, 9.17) is 4.98 Å². The zero-order valence-corrected chi connectivity index (χ0v) is 15.6. The van der Waals surface area contributed by atoms with Crippen molar-refractivity contribution >= 4 is 22.8 Å². The predicted octanol–water partition coefficient (Wildman–Crippen LogP) is 3.57. The summed E-state index contributed by atoms with van der Waals surface area (Å²) in [6.45, 7) is 7.93. The summed E-state index contributed by atoms with van der Waals surface area (Å²) in [7, 11) is 3.92. The van der Waals surface area contributed by atoms with Gasteiger partial charge in [0, 0.05) is 50.2 Å². The molecule has 0 radical (unpaired) electrons. The highest BCUT2D eigenvalue weighted by atomic mass is 15.3. The first-order chi connectivity index (χ1) is 12.0. The lowest BCUT2D eigenvalue weighted by molar-refractivity contribution is 0.721. The van der Waals surface area contributed by atoms with E-state index in [1.165, 1.54) is 10.9 Å². The summed E-state index contributed by atoms with van der Waals surface area (Å²) in [6.07, 6.45) is 2.07. The molecule has 3 rings (SSSR count). The molecule has 0 fully saturated rings. The zero-order chi connectivity index (χ0) is 18.0. The van der Waals surface area contributed by atoms with Crippen LogP contribution in [-0.4, -0.2) is 40.6 Å². The van der Waals surface area contributed by atoms with Crippen molar-refractivity contribution in [2.24, 2.45) is 0 Å². The lowest BCUT2D eigenvalue weighted by Crippen LogP contribution is -2.26. The van der Waals surface area contributed by atoms with Gasteiger partial charge in [0.1, 0.15) is 5.82 Å².